The summed E-state index contributed by atoms with van der Waals surface area (Å²) in [5.74, 6) is -5.32. The molecule has 0 aromatic heterocycles. The van der Waals surface area contributed by atoms with E-state index in [1.807, 2.05) is 0 Å². The lowest BCUT2D eigenvalue weighted by molar-refractivity contribution is -0.143. The number of aliphatic carboxylic acids is 2. The molecule has 0 saturated carbocycles. The molecule has 0 aliphatic heterocycles. The summed E-state index contributed by atoms with van der Waals surface area (Å²) in [5.41, 5.74) is 5.31. The Morgan fingerprint density at radius 2 is 1.39 bits per heavy atom. The normalized spacial score (nSPS) is 15.1. The van der Waals surface area contributed by atoms with Gasteiger partial charge < -0.3 is 37.0 Å². The minimum Gasteiger partial charge on any atom is -0.481 e. The quantitative estimate of drug-likeness (QED) is 0.181. The highest BCUT2D eigenvalue weighted by Gasteiger charge is 2.29. The first-order chi connectivity index (χ1) is 12.9. The van der Waals surface area contributed by atoms with Crippen LogP contribution in [0, 0.1) is 5.92 Å². The van der Waals surface area contributed by atoms with E-state index in [0.29, 0.717) is 0 Å². The number of amides is 3. The summed E-state index contributed by atoms with van der Waals surface area (Å²) in [6.07, 6.45) is -0.604. The Balaban J connectivity index is 5.02. The van der Waals surface area contributed by atoms with Gasteiger partial charge >= 0.3 is 11.9 Å². The summed E-state index contributed by atoms with van der Waals surface area (Å²) in [6.45, 7) is 4.13. The maximum Gasteiger partial charge on any atom is 0.326 e. The zero-order chi connectivity index (χ0) is 22.0. The number of hydrogen-bond donors (Lipinski definition) is 7. The van der Waals surface area contributed by atoms with E-state index in [1.54, 1.807) is 13.8 Å². The summed E-state index contributed by atoms with van der Waals surface area (Å²) >= 11 is 0. The number of hydrogen-bond acceptors (Lipinski definition) is 7. The van der Waals surface area contributed by atoms with Crippen molar-refractivity contribution >= 4 is 29.7 Å². The van der Waals surface area contributed by atoms with Crippen LogP contribution < -0.4 is 21.7 Å². The number of carboxylic acid groups (broad SMARTS) is 2. The number of nitrogens with two attached hydrogens (primary N) is 1. The maximum atomic E-state index is 12.2. The van der Waals surface area contributed by atoms with Crippen LogP contribution in [-0.2, 0) is 24.0 Å². The van der Waals surface area contributed by atoms with Gasteiger partial charge in [0, 0.05) is 0 Å². The average Bonchev–Trinajstić information content (AvgIpc) is 2.58. The largest absolute Gasteiger partial charge is 0.481 e. The van der Waals surface area contributed by atoms with Crippen molar-refractivity contribution in [1.82, 2.24) is 16.0 Å². The number of carboxylic acids is 2. The van der Waals surface area contributed by atoms with Crippen molar-refractivity contribution in [3.8, 4) is 0 Å². The van der Waals surface area contributed by atoms with Gasteiger partial charge in [-0.1, -0.05) is 13.8 Å². The lowest BCUT2D eigenvalue weighted by atomic mass is 10.0. The van der Waals surface area contributed by atoms with Crippen LogP contribution in [-0.4, -0.2) is 75.8 Å². The van der Waals surface area contributed by atoms with Crippen molar-refractivity contribution in [2.24, 2.45) is 11.7 Å². The summed E-state index contributed by atoms with van der Waals surface area (Å²) in [6, 6.07) is -5.23. The molecule has 12 heteroatoms. The number of aliphatic hydroxyl groups is 1. The Labute approximate surface area is 161 Å². The lowest BCUT2D eigenvalue weighted by Crippen LogP contribution is -2.57. The second-order valence-electron chi connectivity index (χ2n) is 6.71. The predicted molar refractivity (Wildman–Crippen MR) is 95.9 cm³/mol. The minimum absolute atomic E-state index is 0.00260. The van der Waals surface area contributed by atoms with Crippen LogP contribution in [0.3, 0.4) is 0 Å². The molecule has 0 aromatic carbocycles. The Morgan fingerprint density at radius 3 is 1.82 bits per heavy atom. The van der Waals surface area contributed by atoms with E-state index < -0.39 is 66.9 Å². The Kier molecular flexibility index (Phi) is 10.7. The molecule has 0 aliphatic rings. The molecule has 0 radical (unpaired) electrons. The van der Waals surface area contributed by atoms with Gasteiger partial charge in [0.05, 0.1) is 13.0 Å². The van der Waals surface area contributed by atoms with E-state index in [2.05, 4.69) is 16.0 Å². The summed E-state index contributed by atoms with van der Waals surface area (Å²) < 4.78 is 0. The molecule has 4 unspecified atom stereocenters. The number of carbonyl (C=O) groups is 5. The van der Waals surface area contributed by atoms with Gasteiger partial charge in [0.15, 0.2) is 0 Å². The molecule has 0 fully saturated rings. The second-order valence-corrected chi connectivity index (χ2v) is 6.71. The van der Waals surface area contributed by atoms with E-state index in [-0.39, 0.29) is 12.3 Å². The van der Waals surface area contributed by atoms with Gasteiger partial charge in [0.1, 0.15) is 24.2 Å². The molecule has 12 nitrogen and oxygen atoms in total. The highest BCUT2D eigenvalue weighted by molar-refractivity contribution is 5.95. The fourth-order valence-electron chi connectivity index (χ4n) is 2.11. The van der Waals surface area contributed by atoms with Gasteiger partial charge in [-0.05, 0) is 19.3 Å². The van der Waals surface area contributed by atoms with Crippen LogP contribution in [0.5, 0.6) is 0 Å². The van der Waals surface area contributed by atoms with Gasteiger partial charge in [0.2, 0.25) is 17.7 Å². The molecule has 0 spiro atoms. The minimum atomic E-state index is -1.54. The Hall–Kier alpha value is -2.73. The van der Waals surface area contributed by atoms with Crippen molar-refractivity contribution in [3.63, 3.8) is 0 Å². The van der Waals surface area contributed by atoms with Gasteiger partial charge in [-0.15, -0.1) is 0 Å². The average molecular weight is 404 g/mol. The molecule has 0 aromatic rings. The monoisotopic (exact) mass is 404 g/mol. The zero-order valence-electron chi connectivity index (χ0n) is 16.0. The van der Waals surface area contributed by atoms with Gasteiger partial charge in [0.25, 0.3) is 0 Å². The molecule has 28 heavy (non-hydrogen) atoms. The topological polar surface area (TPSA) is 208 Å². The third-order valence-corrected chi connectivity index (χ3v) is 3.62. The van der Waals surface area contributed by atoms with Crippen molar-refractivity contribution in [3.05, 3.63) is 0 Å². The van der Waals surface area contributed by atoms with Crippen molar-refractivity contribution in [2.45, 2.75) is 57.8 Å². The standard InChI is InChI=1S/C16H28N4O8/c1-7(2)4-11(16(27)28)20-13(24)8(3)18-15(26)10(5-12(22)23)19-14(25)9(17)6-21/h7-11,21H,4-6,17H2,1-3H3,(H,18,26)(H,19,25)(H,20,24)(H,22,23)(H,27,28). The van der Waals surface area contributed by atoms with E-state index in [9.17, 15) is 24.0 Å². The Morgan fingerprint density at radius 1 is 0.857 bits per heavy atom. The molecule has 3 amide bonds. The third-order valence-electron chi connectivity index (χ3n) is 3.62. The van der Waals surface area contributed by atoms with E-state index >= 15 is 0 Å². The number of rotatable bonds is 12. The Bertz CT molecular complexity index is 595. The predicted octanol–water partition coefficient (Wildman–Crippen LogP) is -2.61. The molecule has 4 atom stereocenters. The molecule has 0 rings (SSSR count). The fraction of sp³-hybridized carbons (Fsp3) is 0.688. The van der Waals surface area contributed by atoms with Gasteiger partial charge in [-0.25, -0.2) is 4.79 Å². The van der Waals surface area contributed by atoms with Crippen molar-refractivity contribution in [2.75, 3.05) is 6.61 Å². The second kappa shape index (κ2) is 11.9. The summed E-state index contributed by atoms with van der Waals surface area (Å²) in [5, 5.41) is 33.5. The van der Waals surface area contributed by atoms with Crippen LogP contribution in [0.2, 0.25) is 0 Å². The lowest BCUT2D eigenvalue weighted by Gasteiger charge is -2.23. The molecular weight excluding hydrogens is 376 g/mol. The first-order valence-corrected chi connectivity index (χ1v) is 8.61. The first kappa shape index (κ1) is 25.3. The van der Waals surface area contributed by atoms with Gasteiger partial charge in [-0.3, -0.25) is 19.2 Å². The molecule has 0 saturated heterocycles. The fourth-order valence-corrected chi connectivity index (χ4v) is 2.11. The summed E-state index contributed by atoms with van der Waals surface area (Å²) in [4.78, 5) is 58.2. The number of aliphatic hydroxyl groups excluding tert-OH is 1. The van der Waals surface area contributed by atoms with Crippen LogP contribution in [0.1, 0.15) is 33.6 Å². The van der Waals surface area contributed by atoms with Crippen molar-refractivity contribution < 1.29 is 39.3 Å². The highest BCUT2D eigenvalue weighted by Crippen LogP contribution is 2.05. The van der Waals surface area contributed by atoms with Crippen LogP contribution >= 0.6 is 0 Å². The molecule has 8 N–H and O–H groups in total. The molecular formula is C16H28N4O8. The van der Waals surface area contributed by atoms with Crippen LogP contribution in [0.4, 0.5) is 0 Å². The van der Waals surface area contributed by atoms with Crippen LogP contribution in [0.15, 0.2) is 0 Å². The molecule has 160 valence electrons. The number of carbonyl (C=O) groups excluding carboxylic acids is 3. The van der Waals surface area contributed by atoms with Gasteiger partial charge in [-0.2, -0.15) is 0 Å². The highest BCUT2D eigenvalue weighted by atomic mass is 16.4. The number of nitrogens with one attached hydrogen (secondary N) is 3. The third kappa shape index (κ3) is 9.28. The van der Waals surface area contributed by atoms with E-state index in [1.165, 1.54) is 6.92 Å². The first-order valence-electron chi connectivity index (χ1n) is 8.61. The van der Waals surface area contributed by atoms with Crippen LogP contribution in [0.25, 0.3) is 0 Å². The molecule has 0 aliphatic carbocycles. The maximum absolute atomic E-state index is 12.2. The smallest absolute Gasteiger partial charge is 0.326 e. The van der Waals surface area contributed by atoms with Crippen molar-refractivity contribution in [1.29, 1.82) is 0 Å². The molecule has 0 heterocycles. The SMILES string of the molecule is CC(C)CC(NC(=O)C(C)NC(=O)C(CC(=O)O)NC(=O)C(N)CO)C(=O)O. The van der Waals surface area contributed by atoms with E-state index in [4.69, 9.17) is 21.1 Å². The summed E-state index contributed by atoms with van der Waals surface area (Å²) in [7, 11) is 0. The molecule has 0 bridgehead atoms. The zero-order valence-corrected chi connectivity index (χ0v) is 16.0. The van der Waals surface area contributed by atoms with E-state index in [0.717, 1.165) is 0 Å².